The van der Waals surface area contributed by atoms with Gasteiger partial charge in [0.1, 0.15) is 0 Å². The van der Waals surface area contributed by atoms with Gasteiger partial charge in [0.05, 0.1) is 0 Å². The second kappa shape index (κ2) is 4.81. The molecule has 100 valence electrons. The van der Waals surface area contributed by atoms with Crippen LogP contribution in [-0.4, -0.2) is 36.6 Å². The quantitative estimate of drug-likeness (QED) is 0.774. The number of rotatable bonds is 1. The first-order valence-electron chi connectivity index (χ1n) is 6.74. The van der Waals surface area contributed by atoms with Gasteiger partial charge in [-0.15, -0.1) is 0 Å². The number of aryl methyl sites for hydroxylation is 1. The first kappa shape index (κ1) is 13.2. The van der Waals surface area contributed by atoms with E-state index < -0.39 is 0 Å². The topological polar surface area (TPSA) is 32.5 Å². The van der Waals surface area contributed by atoms with E-state index in [-0.39, 0.29) is 5.54 Å². The zero-order valence-electron chi connectivity index (χ0n) is 12.0. The van der Waals surface area contributed by atoms with E-state index in [1.54, 1.807) is 0 Å². The summed E-state index contributed by atoms with van der Waals surface area (Å²) in [6.07, 6.45) is 0. The highest BCUT2D eigenvalue weighted by atomic mass is 15.3. The van der Waals surface area contributed by atoms with Gasteiger partial charge in [0.2, 0.25) is 0 Å². The molecule has 0 amide bonds. The third-order valence-electron chi connectivity index (χ3n) is 3.79. The van der Waals surface area contributed by atoms with Gasteiger partial charge in [-0.2, -0.15) is 0 Å². The predicted molar refractivity (Wildman–Crippen MR) is 79.1 cm³/mol. The summed E-state index contributed by atoms with van der Waals surface area (Å²) in [7, 11) is 0. The Morgan fingerprint density at radius 3 is 2.17 bits per heavy atom. The summed E-state index contributed by atoms with van der Waals surface area (Å²) < 4.78 is 0. The molecule has 0 spiro atoms. The summed E-state index contributed by atoms with van der Waals surface area (Å²) in [5, 5.41) is 0. The highest BCUT2D eigenvalue weighted by molar-refractivity contribution is 5.59. The maximum Gasteiger partial charge on any atom is 0.0398 e. The van der Waals surface area contributed by atoms with Crippen LogP contribution >= 0.6 is 0 Å². The molecule has 1 aromatic carbocycles. The van der Waals surface area contributed by atoms with E-state index in [0.29, 0.717) is 0 Å². The summed E-state index contributed by atoms with van der Waals surface area (Å²) >= 11 is 0. The Bertz CT molecular complexity index is 412. The maximum absolute atomic E-state index is 5.81. The molecule has 1 heterocycles. The van der Waals surface area contributed by atoms with Crippen molar-refractivity contribution < 1.29 is 0 Å². The Hall–Kier alpha value is -1.22. The fourth-order valence-corrected chi connectivity index (χ4v) is 2.65. The Kier molecular flexibility index (Phi) is 3.53. The predicted octanol–water partition coefficient (Wildman–Crippen LogP) is 2.50. The first-order chi connectivity index (χ1) is 8.38. The lowest BCUT2D eigenvalue weighted by molar-refractivity contribution is 0.128. The zero-order chi connectivity index (χ0) is 13.3. The molecule has 0 aliphatic carbocycles. The Morgan fingerprint density at radius 1 is 1.06 bits per heavy atom. The fourth-order valence-electron chi connectivity index (χ4n) is 2.65. The number of piperazine rings is 1. The molecule has 1 aliphatic rings. The molecule has 3 nitrogen and oxygen atoms in total. The molecule has 2 N–H and O–H groups in total. The molecule has 0 unspecified atom stereocenters. The Labute approximate surface area is 111 Å². The third-order valence-corrected chi connectivity index (χ3v) is 3.79. The molecule has 0 aromatic heterocycles. The molecule has 0 saturated carbocycles. The second-order valence-electron chi connectivity index (χ2n) is 6.19. The van der Waals surface area contributed by atoms with Crippen LogP contribution < -0.4 is 10.6 Å². The lowest BCUT2D eigenvalue weighted by Gasteiger charge is -2.43. The van der Waals surface area contributed by atoms with E-state index in [4.69, 9.17) is 5.73 Å². The molecule has 0 atom stereocenters. The van der Waals surface area contributed by atoms with Gasteiger partial charge in [-0.05, 0) is 51.5 Å². The van der Waals surface area contributed by atoms with Crippen LogP contribution in [0.5, 0.6) is 0 Å². The van der Waals surface area contributed by atoms with Gasteiger partial charge >= 0.3 is 0 Å². The minimum atomic E-state index is 0.280. The molecular weight excluding hydrogens is 222 g/mol. The summed E-state index contributed by atoms with van der Waals surface area (Å²) in [5.74, 6) is 0. The van der Waals surface area contributed by atoms with Crippen molar-refractivity contribution in [2.45, 2.75) is 33.2 Å². The molecule has 0 bridgehead atoms. The van der Waals surface area contributed by atoms with Crippen molar-refractivity contribution in [3.63, 3.8) is 0 Å². The standard InChI is InChI=1S/C15H25N3/c1-12-11-13(16)5-6-14(12)17-7-9-18(10-8-17)15(2,3)4/h5-6,11H,7-10,16H2,1-4H3. The monoisotopic (exact) mass is 247 g/mol. The van der Waals surface area contributed by atoms with Gasteiger partial charge in [-0.3, -0.25) is 4.90 Å². The van der Waals surface area contributed by atoms with Crippen LogP contribution in [0.2, 0.25) is 0 Å². The lowest BCUT2D eigenvalue weighted by atomic mass is 10.0. The summed E-state index contributed by atoms with van der Waals surface area (Å²) in [5.41, 5.74) is 9.55. The van der Waals surface area contributed by atoms with Crippen LogP contribution in [0, 0.1) is 6.92 Å². The molecule has 1 aromatic rings. The molecule has 1 saturated heterocycles. The van der Waals surface area contributed by atoms with Crippen molar-refractivity contribution in [3.05, 3.63) is 23.8 Å². The van der Waals surface area contributed by atoms with Gasteiger partial charge in [0.25, 0.3) is 0 Å². The summed E-state index contributed by atoms with van der Waals surface area (Å²) in [6.45, 7) is 13.5. The number of anilines is 2. The number of nitrogens with zero attached hydrogens (tertiary/aromatic N) is 2. The largest absolute Gasteiger partial charge is 0.399 e. The van der Waals surface area contributed by atoms with E-state index >= 15 is 0 Å². The van der Waals surface area contributed by atoms with E-state index in [9.17, 15) is 0 Å². The van der Waals surface area contributed by atoms with Crippen LogP contribution in [0.25, 0.3) is 0 Å². The zero-order valence-corrected chi connectivity index (χ0v) is 12.0. The van der Waals surface area contributed by atoms with Crippen molar-refractivity contribution >= 4 is 11.4 Å². The molecule has 1 fully saturated rings. The van der Waals surface area contributed by atoms with Crippen molar-refractivity contribution in [1.29, 1.82) is 0 Å². The van der Waals surface area contributed by atoms with Crippen molar-refractivity contribution in [2.75, 3.05) is 36.8 Å². The van der Waals surface area contributed by atoms with Gasteiger partial charge in [-0.25, -0.2) is 0 Å². The van der Waals surface area contributed by atoms with E-state index in [2.05, 4.69) is 49.6 Å². The van der Waals surface area contributed by atoms with Gasteiger partial charge in [-0.1, -0.05) is 0 Å². The van der Waals surface area contributed by atoms with E-state index in [1.165, 1.54) is 11.3 Å². The van der Waals surface area contributed by atoms with Gasteiger partial charge in [0, 0.05) is 43.1 Å². The minimum Gasteiger partial charge on any atom is -0.399 e. The normalized spacial score (nSPS) is 18.1. The summed E-state index contributed by atoms with van der Waals surface area (Å²) in [4.78, 5) is 5.02. The fraction of sp³-hybridized carbons (Fsp3) is 0.600. The van der Waals surface area contributed by atoms with Crippen LogP contribution in [0.4, 0.5) is 11.4 Å². The number of nitrogens with two attached hydrogens (primary N) is 1. The molecule has 0 radical (unpaired) electrons. The molecule has 3 heteroatoms. The van der Waals surface area contributed by atoms with Crippen LogP contribution in [0.15, 0.2) is 18.2 Å². The average molecular weight is 247 g/mol. The summed E-state index contributed by atoms with van der Waals surface area (Å²) in [6, 6.07) is 6.21. The lowest BCUT2D eigenvalue weighted by Crippen LogP contribution is -2.53. The maximum atomic E-state index is 5.81. The highest BCUT2D eigenvalue weighted by Crippen LogP contribution is 2.25. The van der Waals surface area contributed by atoms with Gasteiger partial charge in [0.15, 0.2) is 0 Å². The second-order valence-corrected chi connectivity index (χ2v) is 6.19. The van der Waals surface area contributed by atoms with E-state index in [0.717, 1.165) is 31.9 Å². The Morgan fingerprint density at radius 2 is 1.67 bits per heavy atom. The molecule has 1 aliphatic heterocycles. The van der Waals surface area contributed by atoms with Crippen LogP contribution in [0.1, 0.15) is 26.3 Å². The number of hydrogen-bond donors (Lipinski definition) is 1. The number of benzene rings is 1. The smallest absolute Gasteiger partial charge is 0.0398 e. The third kappa shape index (κ3) is 2.78. The highest BCUT2D eigenvalue weighted by Gasteiger charge is 2.26. The number of hydrogen-bond acceptors (Lipinski definition) is 3. The van der Waals surface area contributed by atoms with Crippen molar-refractivity contribution in [3.8, 4) is 0 Å². The van der Waals surface area contributed by atoms with Crippen LogP contribution in [-0.2, 0) is 0 Å². The van der Waals surface area contributed by atoms with Crippen molar-refractivity contribution in [2.24, 2.45) is 0 Å². The van der Waals surface area contributed by atoms with Gasteiger partial charge < -0.3 is 10.6 Å². The van der Waals surface area contributed by atoms with E-state index in [1.807, 2.05) is 6.07 Å². The number of nitrogen functional groups attached to an aromatic ring is 1. The average Bonchev–Trinajstić information content (AvgIpc) is 2.28. The van der Waals surface area contributed by atoms with Crippen molar-refractivity contribution in [1.82, 2.24) is 4.90 Å². The SMILES string of the molecule is Cc1cc(N)ccc1N1CCN(C(C)(C)C)CC1. The minimum absolute atomic E-state index is 0.280. The van der Waals surface area contributed by atoms with Crippen LogP contribution in [0.3, 0.4) is 0 Å². The molecular formula is C15H25N3. The molecule has 2 rings (SSSR count). The Balaban J connectivity index is 2.06. The molecule has 18 heavy (non-hydrogen) atoms. The first-order valence-corrected chi connectivity index (χ1v) is 6.74.